The van der Waals surface area contributed by atoms with Crippen LogP contribution in [0.1, 0.15) is 11.4 Å². The minimum atomic E-state index is -0.868. The van der Waals surface area contributed by atoms with Crippen molar-refractivity contribution in [3.8, 4) is 0 Å². The van der Waals surface area contributed by atoms with Gasteiger partial charge in [-0.05, 0) is 17.7 Å². The number of hydrogen-bond donors (Lipinski definition) is 1. The average Bonchev–Trinajstić information content (AvgIpc) is 2.27. The average molecular weight is 221 g/mol. The van der Waals surface area contributed by atoms with Gasteiger partial charge in [-0.25, -0.2) is 18.7 Å². The number of rotatable bonds is 2. The summed E-state index contributed by atoms with van der Waals surface area (Å²) in [6.07, 6.45) is 3.29. The van der Waals surface area contributed by atoms with Crippen LogP contribution in [-0.2, 0) is 6.42 Å². The van der Waals surface area contributed by atoms with Crippen LogP contribution in [0.2, 0.25) is 0 Å². The number of nitrogen functional groups attached to an aromatic ring is 1. The van der Waals surface area contributed by atoms with Crippen LogP contribution in [0.25, 0.3) is 0 Å². The first-order valence-electron chi connectivity index (χ1n) is 4.65. The second kappa shape index (κ2) is 4.22. The summed E-state index contributed by atoms with van der Waals surface area (Å²) in [4.78, 5) is 7.95. The number of anilines is 1. The SMILES string of the molecule is Nc1cnc(Cc2ccc(F)c(F)c2)nc1. The maximum atomic E-state index is 12.9. The predicted molar refractivity (Wildman–Crippen MR) is 55.6 cm³/mol. The van der Waals surface area contributed by atoms with Gasteiger partial charge >= 0.3 is 0 Å². The minimum absolute atomic E-state index is 0.345. The summed E-state index contributed by atoms with van der Waals surface area (Å²) in [7, 11) is 0. The van der Waals surface area contributed by atoms with Crippen molar-refractivity contribution in [1.29, 1.82) is 0 Å². The molecule has 1 heterocycles. The number of hydrogen-bond acceptors (Lipinski definition) is 3. The maximum Gasteiger partial charge on any atom is 0.159 e. The molecule has 0 saturated heterocycles. The van der Waals surface area contributed by atoms with E-state index < -0.39 is 11.6 Å². The molecule has 0 aliphatic rings. The van der Waals surface area contributed by atoms with Crippen molar-refractivity contribution in [1.82, 2.24) is 9.97 Å². The maximum absolute atomic E-state index is 12.9. The topological polar surface area (TPSA) is 51.8 Å². The Bertz CT molecular complexity index is 497. The van der Waals surface area contributed by atoms with E-state index in [1.54, 1.807) is 0 Å². The van der Waals surface area contributed by atoms with E-state index >= 15 is 0 Å². The summed E-state index contributed by atoms with van der Waals surface area (Å²) in [5, 5.41) is 0. The van der Waals surface area contributed by atoms with Crippen LogP contribution < -0.4 is 5.73 Å². The Kier molecular flexibility index (Phi) is 2.76. The van der Waals surface area contributed by atoms with Crippen LogP contribution >= 0.6 is 0 Å². The van der Waals surface area contributed by atoms with Crippen molar-refractivity contribution in [3.05, 3.63) is 53.6 Å². The normalized spacial score (nSPS) is 10.4. The van der Waals surface area contributed by atoms with Gasteiger partial charge in [0.25, 0.3) is 0 Å². The molecule has 0 bridgehead atoms. The molecule has 2 rings (SSSR count). The lowest BCUT2D eigenvalue weighted by atomic mass is 10.1. The molecule has 0 atom stereocenters. The fraction of sp³-hybridized carbons (Fsp3) is 0.0909. The molecule has 1 aromatic heterocycles. The first kappa shape index (κ1) is 10.5. The molecule has 0 saturated carbocycles. The number of nitrogens with zero attached hydrogens (tertiary/aromatic N) is 2. The van der Waals surface area contributed by atoms with Crippen LogP contribution in [0.5, 0.6) is 0 Å². The summed E-state index contributed by atoms with van der Waals surface area (Å²) < 4.78 is 25.6. The summed E-state index contributed by atoms with van der Waals surface area (Å²) in [6.45, 7) is 0. The van der Waals surface area contributed by atoms with Crippen LogP contribution in [-0.4, -0.2) is 9.97 Å². The van der Waals surface area contributed by atoms with Crippen molar-refractivity contribution in [2.24, 2.45) is 0 Å². The summed E-state index contributed by atoms with van der Waals surface area (Å²) in [5.41, 5.74) is 6.51. The second-order valence-corrected chi connectivity index (χ2v) is 3.36. The van der Waals surface area contributed by atoms with Crippen LogP contribution in [0.15, 0.2) is 30.6 Å². The lowest BCUT2D eigenvalue weighted by Gasteiger charge is -2.01. The molecule has 2 N–H and O–H groups in total. The monoisotopic (exact) mass is 221 g/mol. The number of aromatic nitrogens is 2. The standard InChI is InChI=1S/C11H9F2N3/c12-9-2-1-7(3-10(9)13)4-11-15-5-8(14)6-16-11/h1-3,5-6H,4,14H2. The van der Waals surface area contributed by atoms with Gasteiger partial charge in [-0.15, -0.1) is 0 Å². The number of benzene rings is 1. The fourth-order valence-corrected chi connectivity index (χ4v) is 1.29. The van der Waals surface area contributed by atoms with Gasteiger partial charge in [-0.1, -0.05) is 6.07 Å². The zero-order valence-electron chi connectivity index (χ0n) is 8.32. The van der Waals surface area contributed by atoms with Gasteiger partial charge < -0.3 is 5.73 Å². The molecule has 0 amide bonds. The van der Waals surface area contributed by atoms with E-state index in [9.17, 15) is 8.78 Å². The van der Waals surface area contributed by atoms with Crippen molar-refractivity contribution < 1.29 is 8.78 Å². The Hall–Kier alpha value is -2.04. The Morgan fingerprint density at radius 3 is 2.38 bits per heavy atom. The highest BCUT2D eigenvalue weighted by Gasteiger charge is 2.04. The molecule has 0 spiro atoms. The Balaban J connectivity index is 2.20. The Morgan fingerprint density at radius 2 is 1.75 bits per heavy atom. The largest absolute Gasteiger partial charge is 0.396 e. The van der Waals surface area contributed by atoms with E-state index in [4.69, 9.17) is 5.73 Å². The van der Waals surface area contributed by atoms with Crippen molar-refractivity contribution >= 4 is 5.69 Å². The molecule has 82 valence electrons. The molecular weight excluding hydrogens is 212 g/mol. The molecule has 1 aromatic carbocycles. The van der Waals surface area contributed by atoms with Crippen molar-refractivity contribution in [2.45, 2.75) is 6.42 Å². The number of halogens is 2. The highest BCUT2D eigenvalue weighted by molar-refractivity contribution is 5.31. The molecule has 0 aliphatic carbocycles. The van der Waals surface area contributed by atoms with E-state index in [2.05, 4.69) is 9.97 Å². The smallest absolute Gasteiger partial charge is 0.159 e. The van der Waals surface area contributed by atoms with Gasteiger partial charge in [0.1, 0.15) is 5.82 Å². The predicted octanol–water partition coefficient (Wildman–Crippen LogP) is 1.93. The fourth-order valence-electron chi connectivity index (χ4n) is 1.29. The van der Waals surface area contributed by atoms with Crippen molar-refractivity contribution in [3.63, 3.8) is 0 Å². The van der Waals surface area contributed by atoms with Crippen LogP contribution in [0, 0.1) is 11.6 Å². The van der Waals surface area contributed by atoms with Gasteiger partial charge in [0, 0.05) is 6.42 Å². The molecular formula is C11H9F2N3. The first-order chi connectivity index (χ1) is 7.65. The molecule has 0 radical (unpaired) electrons. The van der Waals surface area contributed by atoms with E-state index in [1.165, 1.54) is 18.5 Å². The molecule has 0 unspecified atom stereocenters. The molecule has 16 heavy (non-hydrogen) atoms. The van der Waals surface area contributed by atoms with Gasteiger partial charge in [0.2, 0.25) is 0 Å². The third-order valence-electron chi connectivity index (χ3n) is 2.07. The number of nitrogens with two attached hydrogens (primary N) is 1. The van der Waals surface area contributed by atoms with E-state index in [0.717, 1.165) is 12.1 Å². The summed E-state index contributed by atoms with van der Waals surface area (Å²) >= 11 is 0. The van der Waals surface area contributed by atoms with E-state index in [1.807, 2.05) is 0 Å². The van der Waals surface area contributed by atoms with Gasteiger partial charge in [-0.3, -0.25) is 0 Å². The van der Waals surface area contributed by atoms with Crippen LogP contribution in [0.4, 0.5) is 14.5 Å². The first-order valence-corrected chi connectivity index (χ1v) is 4.65. The summed E-state index contributed by atoms with van der Waals surface area (Å²) in [6, 6.07) is 3.72. The second-order valence-electron chi connectivity index (χ2n) is 3.36. The Labute approximate surface area is 91.0 Å². The lowest BCUT2D eigenvalue weighted by Crippen LogP contribution is -1.98. The van der Waals surface area contributed by atoms with E-state index in [-0.39, 0.29) is 0 Å². The molecule has 3 nitrogen and oxygen atoms in total. The van der Waals surface area contributed by atoms with Gasteiger partial charge in [0.15, 0.2) is 11.6 Å². The Morgan fingerprint density at radius 1 is 1.06 bits per heavy atom. The van der Waals surface area contributed by atoms with Crippen LogP contribution in [0.3, 0.4) is 0 Å². The van der Waals surface area contributed by atoms with Crippen molar-refractivity contribution in [2.75, 3.05) is 5.73 Å². The van der Waals surface area contributed by atoms with Gasteiger partial charge in [-0.2, -0.15) is 0 Å². The molecule has 5 heteroatoms. The molecule has 2 aromatic rings. The highest BCUT2D eigenvalue weighted by atomic mass is 19.2. The third kappa shape index (κ3) is 2.31. The highest BCUT2D eigenvalue weighted by Crippen LogP contribution is 2.11. The van der Waals surface area contributed by atoms with Gasteiger partial charge in [0.05, 0.1) is 18.1 Å². The zero-order valence-corrected chi connectivity index (χ0v) is 8.32. The van der Waals surface area contributed by atoms with E-state index in [0.29, 0.717) is 23.5 Å². The third-order valence-corrected chi connectivity index (χ3v) is 2.07. The minimum Gasteiger partial charge on any atom is -0.396 e. The molecule has 0 aliphatic heterocycles. The zero-order chi connectivity index (χ0) is 11.5. The lowest BCUT2D eigenvalue weighted by molar-refractivity contribution is 0.507. The summed E-state index contributed by atoms with van der Waals surface area (Å²) in [5.74, 6) is -1.21. The quantitative estimate of drug-likeness (QED) is 0.842. The molecule has 0 fully saturated rings.